The highest BCUT2D eigenvalue weighted by atomic mass is 32.1. The van der Waals surface area contributed by atoms with Crippen LogP contribution in [-0.4, -0.2) is 10.9 Å². The topological polar surface area (TPSA) is 32.6 Å². The molecule has 2 nitrogen and oxygen atoms in total. The van der Waals surface area contributed by atoms with Crippen molar-refractivity contribution in [3.63, 3.8) is 0 Å². The lowest BCUT2D eigenvalue weighted by atomic mass is 10.0. The van der Waals surface area contributed by atoms with E-state index in [-0.39, 0.29) is 0 Å². The van der Waals surface area contributed by atoms with Gasteiger partial charge < -0.3 is 5.21 Å². The fourth-order valence-corrected chi connectivity index (χ4v) is 2.34. The van der Waals surface area contributed by atoms with Crippen LogP contribution in [0.5, 0.6) is 0 Å². The molecule has 18 heavy (non-hydrogen) atoms. The summed E-state index contributed by atoms with van der Waals surface area (Å²) < 4.78 is 0. The molecule has 0 amide bonds. The molecule has 1 heterocycles. The molecule has 0 spiro atoms. The molecule has 0 bridgehead atoms. The maximum absolute atomic E-state index is 8.96. The average Bonchev–Trinajstić information content (AvgIpc) is 2.91. The van der Waals surface area contributed by atoms with Crippen LogP contribution in [-0.2, 0) is 6.42 Å². The van der Waals surface area contributed by atoms with Crippen LogP contribution in [0.3, 0.4) is 0 Å². The minimum absolute atomic E-state index is 0.657. The number of hydrogen-bond donors (Lipinski definition) is 1. The average molecular weight is 257 g/mol. The van der Waals surface area contributed by atoms with Crippen molar-refractivity contribution in [2.75, 3.05) is 0 Å². The first-order valence-corrected chi connectivity index (χ1v) is 6.69. The first-order chi connectivity index (χ1) is 8.79. The lowest BCUT2D eigenvalue weighted by Crippen LogP contribution is -2.01. The summed E-state index contributed by atoms with van der Waals surface area (Å²) in [6, 6.07) is 12.2. The van der Waals surface area contributed by atoms with E-state index in [4.69, 9.17) is 5.21 Å². The number of rotatable bonds is 4. The van der Waals surface area contributed by atoms with Gasteiger partial charge in [-0.25, -0.2) is 0 Å². The van der Waals surface area contributed by atoms with Gasteiger partial charge in [-0.05, 0) is 52.9 Å². The van der Waals surface area contributed by atoms with Crippen molar-refractivity contribution in [1.82, 2.24) is 0 Å². The van der Waals surface area contributed by atoms with E-state index in [1.165, 1.54) is 5.56 Å². The molecule has 0 atom stereocenters. The van der Waals surface area contributed by atoms with Crippen LogP contribution in [0.25, 0.3) is 6.08 Å². The monoisotopic (exact) mass is 257 g/mol. The smallest absolute Gasteiger partial charge is 0.0800 e. The molecule has 0 fully saturated rings. The molecular formula is C15H15NOS. The summed E-state index contributed by atoms with van der Waals surface area (Å²) in [6.07, 6.45) is 2.84. The Balaban J connectivity index is 2.27. The summed E-state index contributed by atoms with van der Waals surface area (Å²) in [4.78, 5) is 0. The molecule has 2 aromatic rings. The lowest BCUT2D eigenvalue weighted by Gasteiger charge is -2.06. The molecule has 1 aromatic heterocycles. The van der Waals surface area contributed by atoms with E-state index in [0.29, 0.717) is 5.71 Å². The Bertz CT molecular complexity index is 541. The van der Waals surface area contributed by atoms with E-state index in [0.717, 1.165) is 17.6 Å². The van der Waals surface area contributed by atoms with E-state index in [1.807, 2.05) is 30.5 Å². The first kappa shape index (κ1) is 12.6. The number of benzene rings is 1. The summed E-state index contributed by atoms with van der Waals surface area (Å²) >= 11 is 1.66. The van der Waals surface area contributed by atoms with Gasteiger partial charge >= 0.3 is 0 Å². The van der Waals surface area contributed by atoms with E-state index < -0.39 is 0 Å². The van der Waals surface area contributed by atoms with Crippen molar-refractivity contribution < 1.29 is 5.21 Å². The first-order valence-electron chi connectivity index (χ1n) is 5.75. The summed E-state index contributed by atoms with van der Waals surface area (Å²) in [5, 5.41) is 16.4. The van der Waals surface area contributed by atoms with Gasteiger partial charge in [-0.2, -0.15) is 11.3 Å². The van der Waals surface area contributed by atoms with Crippen molar-refractivity contribution in [2.24, 2.45) is 5.16 Å². The van der Waals surface area contributed by atoms with Crippen molar-refractivity contribution in [3.8, 4) is 0 Å². The van der Waals surface area contributed by atoms with Crippen LogP contribution in [0.15, 0.2) is 57.9 Å². The van der Waals surface area contributed by atoms with Gasteiger partial charge in [0.15, 0.2) is 0 Å². The molecule has 1 aromatic carbocycles. The number of thiophene rings is 1. The number of hydrogen-bond acceptors (Lipinski definition) is 3. The maximum atomic E-state index is 8.96. The highest BCUT2D eigenvalue weighted by Gasteiger charge is 2.05. The predicted molar refractivity (Wildman–Crippen MR) is 77.3 cm³/mol. The minimum atomic E-state index is 0.657. The molecule has 0 aliphatic rings. The zero-order valence-electron chi connectivity index (χ0n) is 10.2. The van der Waals surface area contributed by atoms with Gasteiger partial charge in [0.05, 0.1) is 5.71 Å². The Kier molecular flexibility index (Phi) is 4.31. The maximum Gasteiger partial charge on any atom is 0.0800 e. The Morgan fingerprint density at radius 1 is 1.28 bits per heavy atom. The van der Waals surface area contributed by atoms with Gasteiger partial charge in [0.2, 0.25) is 0 Å². The molecule has 2 rings (SSSR count). The summed E-state index contributed by atoms with van der Waals surface area (Å²) in [7, 11) is 0. The van der Waals surface area contributed by atoms with E-state index in [2.05, 4.69) is 34.8 Å². The predicted octanol–water partition coefficient (Wildman–Crippen LogP) is 4.22. The van der Waals surface area contributed by atoms with Gasteiger partial charge in [0, 0.05) is 0 Å². The van der Waals surface area contributed by atoms with Gasteiger partial charge in [0.25, 0.3) is 0 Å². The largest absolute Gasteiger partial charge is 0.411 e. The normalized spacial score (nSPS) is 12.7. The van der Waals surface area contributed by atoms with Crippen LogP contribution in [0.4, 0.5) is 0 Å². The number of nitrogens with zero attached hydrogens (tertiary/aromatic N) is 1. The van der Waals surface area contributed by atoms with Crippen molar-refractivity contribution in [3.05, 3.63) is 63.9 Å². The Morgan fingerprint density at radius 3 is 2.67 bits per heavy atom. The highest BCUT2D eigenvalue weighted by molar-refractivity contribution is 7.08. The quantitative estimate of drug-likeness (QED) is 0.496. The van der Waals surface area contributed by atoms with Crippen molar-refractivity contribution in [2.45, 2.75) is 13.3 Å². The molecule has 0 aliphatic carbocycles. The summed E-state index contributed by atoms with van der Waals surface area (Å²) in [5.74, 6) is 0. The van der Waals surface area contributed by atoms with E-state index >= 15 is 0 Å². The standard InChI is InChI=1S/C15H15NOS/c1-12(16-17)15(10-14-7-8-18-11-14)9-13-5-3-2-4-6-13/h2-8,10-11,17H,9H2,1H3/b15-10+,16-12+. The van der Waals surface area contributed by atoms with E-state index in [1.54, 1.807) is 11.3 Å². The highest BCUT2D eigenvalue weighted by Crippen LogP contribution is 2.16. The second-order valence-corrected chi connectivity index (χ2v) is 4.85. The van der Waals surface area contributed by atoms with Crippen LogP contribution < -0.4 is 0 Å². The Labute approximate surface area is 111 Å². The summed E-state index contributed by atoms with van der Waals surface area (Å²) in [5.41, 5.74) is 4.04. The molecule has 0 saturated carbocycles. The third-order valence-electron chi connectivity index (χ3n) is 2.74. The molecule has 1 N–H and O–H groups in total. The molecule has 92 valence electrons. The van der Waals surface area contributed by atoms with Gasteiger partial charge in [-0.3, -0.25) is 0 Å². The second-order valence-electron chi connectivity index (χ2n) is 4.07. The van der Waals surface area contributed by atoms with Crippen molar-refractivity contribution in [1.29, 1.82) is 0 Å². The van der Waals surface area contributed by atoms with Gasteiger partial charge in [-0.1, -0.05) is 35.5 Å². The minimum Gasteiger partial charge on any atom is -0.411 e. The molecule has 0 unspecified atom stereocenters. The molecule has 3 heteroatoms. The van der Waals surface area contributed by atoms with E-state index in [9.17, 15) is 0 Å². The Hall–Kier alpha value is -1.87. The molecule has 0 radical (unpaired) electrons. The van der Waals surface area contributed by atoms with Gasteiger partial charge in [-0.15, -0.1) is 0 Å². The van der Waals surface area contributed by atoms with Crippen LogP contribution in [0, 0.1) is 0 Å². The fourth-order valence-electron chi connectivity index (χ4n) is 1.72. The second kappa shape index (κ2) is 6.17. The van der Waals surface area contributed by atoms with Crippen LogP contribution in [0.2, 0.25) is 0 Å². The molecular weight excluding hydrogens is 242 g/mol. The van der Waals surface area contributed by atoms with Crippen LogP contribution >= 0.6 is 11.3 Å². The third kappa shape index (κ3) is 3.31. The summed E-state index contributed by atoms with van der Waals surface area (Å²) in [6.45, 7) is 1.82. The molecule has 0 aliphatic heterocycles. The molecule has 0 saturated heterocycles. The number of allylic oxidation sites excluding steroid dienone is 1. The fraction of sp³-hybridized carbons (Fsp3) is 0.133. The Morgan fingerprint density at radius 2 is 2.06 bits per heavy atom. The third-order valence-corrected chi connectivity index (χ3v) is 3.44. The van der Waals surface area contributed by atoms with Crippen LogP contribution in [0.1, 0.15) is 18.1 Å². The van der Waals surface area contributed by atoms with Gasteiger partial charge in [0.1, 0.15) is 0 Å². The number of oxime groups is 1. The SMILES string of the molecule is CC(=N\O)/C(=C/c1ccsc1)Cc1ccccc1. The zero-order valence-corrected chi connectivity index (χ0v) is 11.0. The van der Waals surface area contributed by atoms with Crippen molar-refractivity contribution >= 4 is 23.1 Å². The zero-order chi connectivity index (χ0) is 12.8. The lowest BCUT2D eigenvalue weighted by molar-refractivity contribution is 0.319.